The van der Waals surface area contributed by atoms with Crippen LogP contribution < -0.4 is 5.32 Å². The number of hydrogen-bond acceptors (Lipinski definition) is 4. The minimum absolute atomic E-state index is 0.133. The molecule has 0 saturated carbocycles. The van der Waals surface area contributed by atoms with Crippen LogP contribution in [0.1, 0.15) is 45.2 Å². The maximum Gasteiger partial charge on any atom is 0.407 e. The molecular weight excluding hydrogens is 356 g/mol. The number of nitrogens with one attached hydrogen (secondary N) is 1. The van der Waals surface area contributed by atoms with Gasteiger partial charge in [0, 0.05) is 12.6 Å². The molecule has 0 spiro atoms. The van der Waals surface area contributed by atoms with Crippen molar-refractivity contribution in [1.82, 2.24) is 10.2 Å². The molecule has 0 bridgehead atoms. The predicted molar refractivity (Wildman–Crippen MR) is 108 cm³/mol. The minimum atomic E-state index is -0.881. The van der Waals surface area contributed by atoms with Gasteiger partial charge in [0.15, 0.2) is 0 Å². The van der Waals surface area contributed by atoms with Gasteiger partial charge in [-0.1, -0.05) is 36.4 Å². The number of likely N-dealkylation sites (tertiary alicyclic amines) is 1. The zero-order chi connectivity index (χ0) is 20.3. The van der Waals surface area contributed by atoms with Gasteiger partial charge in [0.2, 0.25) is 0 Å². The first kappa shape index (κ1) is 20.1. The maximum absolute atomic E-state index is 12.1. The summed E-state index contributed by atoms with van der Waals surface area (Å²) in [7, 11) is 0. The van der Waals surface area contributed by atoms with Crippen molar-refractivity contribution in [3.8, 4) is 0 Å². The van der Waals surface area contributed by atoms with Crippen molar-refractivity contribution >= 4 is 22.8 Å². The molecule has 1 aliphatic heterocycles. The topological polar surface area (TPSA) is 78.9 Å². The molecule has 2 N–H and O–H groups in total. The Morgan fingerprint density at radius 1 is 1.18 bits per heavy atom. The number of carbonyl (C=O) groups excluding carboxylic acids is 1. The van der Waals surface area contributed by atoms with Crippen molar-refractivity contribution in [3.05, 3.63) is 48.0 Å². The lowest BCUT2D eigenvalue weighted by molar-refractivity contribution is -0.144. The van der Waals surface area contributed by atoms with E-state index in [4.69, 9.17) is 4.74 Å². The lowest BCUT2D eigenvalue weighted by atomic mass is 9.97. The lowest BCUT2D eigenvalue weighted by Gasteiger charge is -2.37. The number of rotatable bonds is 4. The molecule has 0 aliphatic carbocycles. The summed E-state index contributed by atoms with van der Waals surface area (Å²) in [4.78, 5) is 26.1. The Morgan fingerprint density at radius 3 is 2.57 bits per heavy atom. The average Bonchev–Trinajstić information content (AvgIpc) is 2.60. The Kier molecular flexibility index (Phi) is 5.89. The van der Waals surface area contributed by atoms with Crippen LogP contribution in [0.2, 0.25) is 0 Å². The van der Waals surface area contributed by atoms with Crippen LogP contribution in [0.5, 0.6) is 0 Å². The molecule has 28 heavy (non-hydrogen) atoms. The van der Waals surface area contributed by atoms with E-state index in [0.717, 1.165) is 29.2 Å². The van der Waals surface area contributed by atoms with Gasteiger partial charge in [-0.2, -0.15) is 0 Å². The zero-order valence-electron chi connectivity index (χ0n) is 16.6. The van der Waals surface area contributed by atoms with Gasteiger partial charge in [0.25, 0.3) is 0 Å². The normalized spacial score (nSPS) is 19.2. The van der Waals surface area contributed by atoms with Gasteiger partial charge in [-0.3, -0.25) is 9.69 Å². The van der Waals surface area contributed by atoms with E-state index >= 15 is 0 Å². The van der Waals surface area contributed by atoms with Crippen LogP contribution in [0, 0.1) is 0 Å². The Balaban J connectivity index is 1.76. The van der Waals surface area contributed by atoms with Crippen molar-refractivity contribution < 1.29 is 19.4 Å². The smallest absolute Gasteiger partial charge is 0.407 e. The van der Waals surface area contributed by atoms with Crippen LogP contribution >= 0.6 is 0 Å². The fourth-order valence-electron chi connectivity index (χ4n) is 3.72. The standard InChI is InChI=1S/C22H28N2O4/c1-22(2,3)28-21(27)23-18-9-6-12-24(14-18)19(20(25)26)17-11-10-15-7-4-5-8-16(15)13-17/h4-5,7-8,10-11,13,18-19H,6,9,12,14H2,1-3H3,(H,23,27)(H,25,26)/t18-,19-/m1/s1. The quantitative estimate of drug-likeness (QED) is 0.834. The molecule has 150 valence electrons. The molecule has 0 unspecified atom stereocenters. The van der Waals surface area contributed by atoms with E-state index in [9.17, 15) is 14.7 Å². The van der Waals surface area contributed by atoms with Crippen molar-refractivity contribution in [2.75, 3.05) is 13.1 Å². The molecule has 1 heterocycles. The largest absolute Gasteiger partial charge is 0.480 e. The third-order valence-electron chi connectivity index (χ3n) is 4.86. The van der Waals surface area contributed by atoms with Crippen LogP contribution in [0.15, 0.2) is 42.5 Å². The van der Waals surface area contributed by atoms with Crippen molar-refractivity contribution in [1.29, 1.82) is 0 Å². The molecule has 1 fully saturated rings. The number of amides is 1. The summed E-state index contributed by atoms with van der Waals surface area (Å²) >= 11 is 0. The van der Waals surface area contributed by atoms with Crippen LogP contribution in [0.4, 0.5) is 4.79 Å². The van der Waals surface area contributed by atoms with Crippen molar-refractivity contribution in [2.24, 2.45) is 0 Å². The van der Waals surface area contributed by atoms with Crippen LogP contribution in [0.25, 0.3) is 10.8 Å². The van der Waals surface area contributed by atoms with Gasteiger partial charge in [-0.15, -0.1) is 0 Å². The highest BCUT2D eigenvalue weighted by molar-refractivity contribution is 5.85. The summed E-state index contributed by atoms with van der Waals surface area (Å²) < 4.78 is 5.33. The van der Waals surface area contributed by atoms with Gasteiger partial charge >= 0.3 is 12.1 Å². The fraction of sp³-hybridized carbons (Fsp3) is 0.455. The molecular formula is C22H28N2O4. The number of hydrogen-bond donors (Lipinski definition) is 2. The highest BCUT2D eigenvalue weighted by atomic mass is 16.6. The molecule has 3 rings (SSSR count). The summed E-state index contributed by atoms with van der Waals surface area (Å²) in [6.07, 6.45) is 1.16. The first-order valence-corrected chi connectivity index (χ1v) is 9.68. The first-order valence-electron chi connectivity index (χ1n) is 9.68. The molecule has 1 saturated heterocycles. The maximum atomic E-state index is 12.1. The molecule has 0 aromatic heterocycles. The fourth-order valence-corrected chi connectivity index (χ4v) is 3.72. The first-order chi connectivity index (χ1) is 13.2. The lowest BCUT2D eigenvalue weighted by Crippen LogP contribution is -2.50. The molecule has 1 amide bonds. The molecule has 1 aliphatic rings. The minimum Gasteiger partial charge on any atom is -0.480 e. The van der Waals surface area contributed by atoms with Crippen molar-refractivity contribution in [2.45, 2.75) is 51.3 Å². The molecule has 2 atom stereocenters. The average molecular weight is 384 g/mol. The van der Waals surface area contributed by atoms with E-state index in [0.29, 0.717) is 13.1 Å². The number of carboxylic acid groups (broad SMARTS) is 1. The summed E-state index contributed by atoms with van der Waals surface area (Å²) in [6, 6.07) is 12.8. The Bertz CT molecular complexity index is 859. The summed E-state index contributed by atoms with van der Waals surface area (Å²) in [5, 5.41) is 14.9. The Hall–Kier alpha value is -2.60. The second-order valence-corrected chi connectivity index (χ2v) is 8.33. The number of piperidine rings is 1. The third-order valence-corrected chi connectivity index (χ3v) is 4.86. The molecule has 0 radical (unpaired) electrons. The van der Waals surface area contributed by atoms with Gasteiger partial charge in [-0.25, -0.2) is 4.79 Å². The van der Waals surface area contributed by atoms with E-state index in [1.165, 1.54) is 0 Å². The number of ether oxygens (including phenoxy) is 1. The van der Waals surface area contributed by atoms with E-state index in [-0.39, 0.29) is 6.04 Å². The number of nitrogens with zero attached hydrogens (tertiary/aromatic N) is 1. The highest BCUT2D eigenvalue weighted by Gasteiger charge is 2.33. The van der Waals surface area contributed by atoms with Gasteiger partial charge < -0.3 is 15.2 Å². The van der Waals surface area contributed by atoms with E-state index in [1.54, 1.807) is 0 Å². The number of benzene rings is 2. The number of carboxylic acids is 1. The summed E-state index contributed by atoms with van der Waals surface area (Å²) in [5.74, 6) is -0.881. The second-order valence-electron chi connectivity index (χ2n) is 8.33. The molecule has 6 nitrogen and oxygen atoms in total. The second kappa shape index (κ2) is 8.19. The van der Waals surface area contributed by atoms with Crippen LogP contribution in [0.3, 0.4) is 0 Å². The van der Waals surface area contributed by atoms with E-state index in [1.807, 2.05) is 68.1 Å². The highest BCUT2D eigenvalue weighted by Crippen LogP contribution is 2.28. The number of aliphatic carboxylic acids is 1. The van der Waals surface area contributed by atoms with Gasteiger partial charge in [-0.05, 0) is 62.6 Å². The van der Waals surface area contributed by atoms with Crippen molar-refractivity contribution in [3.63, 3.8) is 0 Å². The van der Waals surface area contributed by atoms with Gasteiger partial charge in [0.05, 0.1) is 0 Å². The Morgan fingerprint density at radius 2 is 1.89 bits per heavy atom. The molecule has 6 heteroatoms. The predicted octanol–water partition coefficient (Wildman–Crippen LogP) is 3.95. The van der Waals surface area contributed by atoms with Crippen LogP contribution in [-0.4, -0.2) is 46.8 Å². The van der Waals surface area contributed by atoms with Crippen LogP contribution in [-0.2, 0) is 9.53 Å². The zero-order valence-corrected chi connectivity index (χ0v) is 16.6. The van der Waals surface area contributed by atoms with Gasteiger partial charge in [0.1, 0.15) is 11.6 Å². The third kappa shape index (κ3) is 5.01. The number of carbonyl (C=O) groups is 2. The SMILES string of the molecule is CC(C)(C)OC(=O)N[C@@H]1CCCN([C@@H](C(=O)O)c2ccc3ccccc3c2)C1. The van der Waals surface area contributed by atoms with E-state index in [2.05, 4.69) is 5.32 Å². The number of fused-ring (bicyclic) bond motifs is 1. The monoisotopic (exact) mass is 384 g/mol. The molecule has 2 aromatic carbocycles. The number of alkyl carbamates (subject to hydrolysis) is 1. The summed E-state index contributed by atoms with van der Waals surface area (Å²) in [6.45, 7) is 6.61. The molecule has 2 aromatic rings. The van der Waals surface area contributed by atoms with E-state index < -0.39 is 23.7 Å². The summed E-state index contributed by atoms with van der Waals surface area (Å²) in [5.41, 5.74) is 0.191. The Labute approximate surface area is 165 Å².